The van der Waals surface area contributed by atoms with Crippen molar-refractivity contribution >= 4 is 27.8 Å². The fourth-order valence-electron chi connectivity index (χ4n) is 7.39. The third-order valence-corrected chi connectivity index (χ3v) is 17.9. The molecule has 0 bridgehead atoms. The lowest BCUT2D eigenvalue weighted by molar-refractivity contribution is 0.362. The molecule has 6 heterocycles. The van der Waals surface area contributed by atoms with Gasteiger partial charge in [0.1, 0.15) is 0 Å². The van der Waals surface area contributed by atoms with Gasteiger partial charge in [-0.2, -0.15) is 0 Å². The van der Waals surface area contributed by atoms with Crippen LogP contribution < -0.4 is 0 Å². The quantitative estimate of drug-likeness (QED) is 0.396. The lowest BCUT2D eigenvalue weighted by atomic mass is 10.4. The van der Waals surface area contributed by atoms with Gasteiger partial charge in [-0.1, -0.05) is 0 Å². The highest BCUT2D eigenvalue weighted by Crippen LogP contribution is 2.79. The van der Waals surface area contributed by atoms with Crippen LogP contribution in [0.1, 0.15) is 77.0 Å². The van der Waals surface area contributed by atoms with Gasteiger partial charge < -0.3 is 0 Å². The Balaban J connectivity index is 0.00000241. The van der Waals surface area contributed by atoms with Crippen molar-refractivity contribution in [2.24, 2.45) is 4.52 Å². The van der Waals surface area contributed by atoms with E-state index >= 15 is 0 Å². The number of hydrogen-bond donors (Lipinski definition) is 0. The van der Waals surface area contributed by atoms with Crippen LogP contribution in [0.2, 0.25) is 0 Å². The molecule has 0 aromatic carbocycles. The summed E-state index contributed by atoms with van der Waals surface area (Å²) in [6, 6.07) is 0. The summed E-state index contributed by atoms with van der Waals surface area (Å²) in [7, 11) is -3.74. The highest BCUT2D eigenvalue weighted by atomic mass is 35.5. The van der Waals surface area contributed by atoms with E-state index in [2.05, 4.69) is 28.0 Å². The first-order valence-electron chi connectivity index (χ1n) is 14.4. The van der Waals surface area contributed by atoms with Gasteiger partial charge in [-0.3, -0.25) is 0 Å². The first-order valence-corrected chi connectivity index (χ1v) is 17.6. The molecule has 0 saturated carbocycles. The van der Waals surface area contributed by atoms with Crippen molar-refractivity contribution in [3.8, 4) is 0 Å². The second-order valence-corrected chi connectivity index (χ2v) is 17.4. The van der Waals surface area contributed by atoms with Gasteiger partial charge in [-0.15, -0.1) is 26.4 Å². The Morgan fingerprint density at radius 3 is 0.882 bits per heavy atom. The van der Waals surface area contributed by atoms with E-state index < -0.39 is 15.4 Å². The average molecular weight is 533 g/mol. The number of halogens is 1. The van der Waals surface area contributed by atoms with Gasteiger partial charge in [0.2, 0.25) is 7.51 Å². The summed E-state index contributed by atoms with van der Waals surface area (Å²) in [6.07, 6.45) is 16.5. The summed E-state index contributed by atoms with van der Waals surface area (Å²) in [5.41, 5.74) is 0. The fourth-order valence-corrected chi connectivity index (χ4v) is 18.5. The summed E-state index contributed by atoms with van der Waals surface area (Å²) < 4.78 is 24.4. The van der Waals surface area contributed by atoms with E-state index in [1.807, 2.05) is 0 Å². The lowest BCUT2D eigenvalue weighted by Gasteiger charge is -2.48. The Bertz CT molecular complexity index is 616. The number of nitrogens with zero attached hydrogens (tertiary/aromatic N) is 7. The smallest absolute Gasteiger partial charge is 0.243 e. The van der Waals surface area contributed by atoms with Crippen LogP contribution in [-0.2, 0) is 0 Å². The molecule has 7 nitrogen and oxygen atoms in total. The maximum absolute atomic E-state index is 6.61. The molecule has 0 N–H and O–H groups in total. The largest absolute Gasteiger partial charge is 0.357 e. The minimum atomic E-state index is -1.87. The zero-order valence-corrected chi connectivity index (χ0v) is 24.0. The second kappa shape index (κ2) is 11.6. The minimum Gasteiger partial charge on any atom is -0.243 e. The zero-order valence-electron chi connectivity index (χ0n) is 21.4. The van der Waals surface area contributed by atoms with E-state index in [-0.39, 0.29) is 12.4 Å². The molecule has 0 amide bonds. The molecule has 0 aromatic heterocycles. The summed E-state index contributed by atoms with van der Waals surface area (Å²) in [4.78, 5) is 0. The molecule has 6 saturated heterocycles. The van der Waals surface area contributed by atoms with Crippen LogP contribution in [0.3, 0.4) is 0 Å². The van der Waals surface area contributed by atoms with Crippen molar-refractivity contribution in [3.05, 3.63) is 0 Å². The van der Waals surface area contributed by atoms with E-state index in [1.54, 1.807) is 0 Å². The van der Waals surface area contributed by atoms with Crippen LogP contribution in [-0.4, -0.2) is 107 Å². The van der Waals surface area contributed by atoms with Crippen molar-refractivity contribution in [2.75, 3.05) is 78.5 Å². The Kier molecular flexibility index (Phi) is 9.00. The van der Waals surface area contributed by atoms with Gasteiger partial charge in [0, 0.05) is 78.5 Å². The van der Waals surface area contributed by atoms with Crippen LogP contribution in [0.15, 0.2) is 4.52 Å². The standard InChI is InChI=1S/C24H48N7P2.ClH/c1-2-14-26(13-1)32(27-15-3-4-16-27,28-17-5-6-18-28)25-33(29-19-7-8-20-29,30-21-9-10-22-30)31-23-11-12-24-31;/h1-24H2;1H/q+1;. The monoisotopic (exact) mass is 532 g/mol. The van der Waals surface area contributed by atoms with Crippen LogP contribution in [0, 0.1) is 0 Å². The number of hydrogen-bond acceptors (Lipinski definition) is 4. The van der Waals surface area contributed by atoms with Gasteiger partial charge >= 0.3 is 7.87 Å². The topological polar surface area (TPSA) is 31.8 Å². The Labute approximate surface area is 215 Å². The van der Waals surface area contributed by atoms with Crippen LogP contribution in [0.25, 0.3) is 0 Å². The van der Waals surface area contributed by atoms with E-state index in [9.17, 15) is 0 Å². The molecule has 10 heteroatoms. The highest BCUT2D eigenvalue weighted by molar-refractivity contribution is 7.75. The van der Waals surface area contributed by atoms with E-state index in [4.69, 9.17) is 4.52 Å². The van der Waals surface area contributed by atoms with Crippen LogP contribution >= 0.6 is 27.8 Å². The molecule has 0 spiro atoms. The van der Waals surface area contributed by atoms with Crippen LogP contribution in [0.4, 0.5) is 0 Å². The lowest BCUT2D eigenvalue weighted by Crippen LogP contribution is -2.44. The molecule has 0 atom stereocenters. The second-order valence-electron chi connectivity index (χ2n) is 11.1. The van der Waals surface area contributed by atoms with Gasteiger partial charge in [0.15, 0.2) is 0 Å². The molecule has 6 rings (SSSR count). The van der Waals surface area contributed by atoms with Crippen molar-refractivity contribution < 1.29 is 0 Å². The van der Waals surface area contributed by atoms with Crippen LogP contribution in [0.5, 0.6) is 0 Å². The molecule has 6 aliphatic rings. The molecule has 0 radical (unpaired) electrons. The third kappa shape index (κ3) is 4.58. The first kappa shape index (κ1) is 26.3. The summed E-state index contributed by atoms with van der Waals surface area (Å²) in [5, 5.41) is 0. The van der Waals surface area contributed by atoms with Crippen molar-refractivity contribution in [2.45, 2.75) is 77.0 Å². The fraction of sp³-hybridized carbons (Fsp3) is 1.00. The van der Waals surface area contributed by atoms with E-state index in [1.165, 1.54) is 156 Å². The maximum Gasteiger partial charge on any atom is 0.357 e. The van der Waals surface area contributed by atoms with Crippen molar-refractivity contribution in [1.29, 1.82) is 0 Å². The van der Waals surface area contributed by atoms with Crippen molar-refractivity contribution in [3.63, 3.8) is 0 Å². The van der Waals surface area contributed by atoms with Gasteiger partial charge in [-0.25, -0.2) is 14.0 Å². The Hall–Kier alpha value is 0.710. The summed E-state index contributed by atoms with van der Waals surface area (Å²) in [6.45, 7) is 15.4. The van der Waals surface area contributed by atoms with Crippen molar-refractivity contribution in [1.82, 2.24) is 28.0 Å². The molecule has 34 heavy (non-hydrogen) atoms. The van der Waals surface area contributed by atoms with Gasteiger partial charge in [0.05, 0.1) is 0 Å². The number of rotatable bonds is 7. The molecular formula is C24H49ClN7P2+. The van der Waals surface area contributed by atoms with E-state index in [0.717, 1.165) is 0 Å². The first-order chi connectivity index (χ1) is 16.3. The molecule has 6 aliphatic heterocycles. The third-order valence-electron chi connectivity index (χ3n) is 9.01. The molecule has 6 fully saturated rings. The highest BCUT2D eigenvalue weighted by Gasteiger charge is 2.62. The molecule has 0 unspecified atom stereocenters. The molecule has 196 valence electrons. The maximum atomic E-state index is 6.61. The summed E-state index contributed by atoms with van der Waals surface area (Å²) >= 11 is 0. The van der Waals surface area contributed by atoms with E-state index in [0.29, 0.717) is 0 Å². The molecule has 0 aromatic rings. The van der Waals surface area contributed by atoms with Gasteiger partial charge in [0.25, 0.3) is 0 Å². The normalized spacial score (nSPS) is 29.5. The Morgan fingerprint density at radius 2 is 0.618 bits per heavy atom. The predicted octanol–water partition coefficient (Wildman–Crippen LogP) is 5.61. The zero-order chi connectivity index (χ0) is 22.1. The average Bonchev–Trinajstić information content (AvgIpc) is 3.72. The SMILES string of the molecule is C1CCN(P(=N[P+](N2CCCC2)(N2CCCC2)N2CCCC2)(N2CCCC2)N2CCCC2)C1.Cl. The predicted molar refractivity (Wildman–Crippen MR) is 148 cm³/mol. The van der Waals surface area contributed by atoms with Gasteiger partial charge in [-0.05, 0) is 81.6 Å². The summed E-state index contributed by atoms with van der Waals surface area (Å²) in [5.74, 6) is 0. The molecular weight excluding hydrogens is 484 g/mol. The Morgan fingerprint density at radius 1 is 0.382 bits per heavy atom. The molecule has 0 aliphatic carbocycles. The minimum absolute atomic E-state index is 0.